The smallest absolute Gasteiger partial charge is 0.261 e. The minimum Gasteiger partial charge on any atom is -0.319 e. The zero-order chi connectivity index (χ0) is 20.3. The Morgan fingerprint density at radius 3 is 2.21 bits per heavy atom. The van der Waals surface area contributed by atoms with Crippen LogP contribution < -0.4 is 10.0 Å². The van der Waals surface area contributed by atoms with Crippen molar-refractivity contribution < 1.29 is 22.0 Å². The fraction of sp³-hybridized carbons (Fsp3) is 0.0500. The Labute approximate surface area is 161 Å². The monoisotopic (exact) mass is 402 g/mol. The summed E-state index contributed by atoms with van der Waals surface area (Å²) in [5.41, 5.74) is 0.786. The predicted octanol–water partition coefficient (Wildman–Crippen LogP) is 4.33. The molecule has 3 aromatic carbocycles. The lowest BCUT2D eigenvalue weighted by atomic mass is 10.2. The van der Waals surface area contributed by atoms with Gasteiger partial charge in [-0.15, -0.1) is 0 Å². The normalized spacial score (nSPS) is 11.1. The first kappa shape index (κ1) is 19.5. The third-order valence-electron chi connectivity index (χ3n) is 3.92. The highest BCUT2D eigenvalue weighted by molar-refractivity contribution is 7.92. The largest absolute Gasteiger partial charge is 0.319 e. The molecular weight excluding hydrogens is 386 g/mol. The van der Waals surface area contributed by atoms with E-state index in [2.05, 4.69) is 10.0 Å². The van der Waals surface area contributed by atoms with Gasteiger partial charge in [-0.05, 0) is 49.4 Å². The van der Waals surface area contributed by atoms with Crippen molar-refractivity contribution in [3.63, 3.8) is 0 Å². The summed E-state index contributed by atoms with van der Waals surface area (Å²) in [6.45, 7) is 1.86. The van der Waals surface area contributed by atoms with Gasteiger partial charge in [0.25, 0.3) is 15.9 Å². The zero-order valence-corrected chi connectivity index (χ0v) is 15.6. The van der Waals surface area contributed by atoms with Crippen molar-refractivity contribution in [1.29, 1.82) is 0 Å². The Balaban J connectivity index is 1.80. The highest BCUT2D eigenvalue weighted by atomic mass is 32.2. The van der Waals surface area contributed by atoms with Crippen LogP contribution in [0.25, 0.3) is 0 Å². The van der Waals surface area contributed by atoms with Crippen molar-refractivity contribution in [1.82, 2.24) is 0 Å². The molecule has 8 heteroatoms. The second kappa shape index (κ2) is 7.77. The summed E-state index contributed by atoms with van der Waals surface area (Å²) in [6, 6.07) is 15.0. The molecule has 0 bridgehead atoms. The van der Waals surface area contributed by atoms with E-state index in [4.69, 9.17) is 0 Å². The number of benzene rings is 3. The SMILES string of the molecule is Cc1ccc(NS(=O)(=O)c2ccc(NC(=O)c3ccccc3F)c(F)c2)cc1. The molecule has 5 nitrogen and oxygen atoms in total. The molecule has 0 saturated heterocycles. The second-order valence-corrected chi connectivity index (χ2v) is 7.73. The molecule has 0 saturated carbocycles. The summed E-state index contributed by atoms with van der Waals surface area (Å²) in [5.74, 6) is -2.55. The van der Waals surface area contributed by atoms with Crippen LogP contribution in [0.2, 0.25) is 0 Å². The van der Waals surface area contributed by atoms with Crippen molar-refractivity contribution in [2.45, 2.75) is 11.8 Å². The van der Waals surface area contributed by atoms with Gasteiger partial charge in [-0.1, -0.05) is 29.8 Å². The van der Waals surface area contributed by atoms with Crippen LogP contribution >= 0.6 is 0 Å². The number of sulfonamides is 1. The van der Waals surface area contributed by atoms with Crippen molar-refractivity contribution in [2.24, 2.45) is 0 Å². The van der Waals surface area contributed by atoms with E-state index in [9.17, 15) is 22.0 Å². The van der Waals surface area contributed by atoms with E-state index in [0.717, 1.165) is 29.8 Å². The number of amides is 1. The summed E-state index contributed by atoms with van der Waals surface area (Å²) in [7, 11) is -4.02. The minimum atomic E-state index is -4.02. The van der Waals surface area contributed by atoms with Crippen LogP contribution in [0, 0.1) is 18.6 Å². The number of anilines is 2. The fourth-order valence-electron chi connectivity index (χ4n) is 2.44. The number of hydrogen-bond acceptors (Lipinski definition) is 3. The predicted molar refractivity (Wildman–Crippen MR) is 103 cm³/mol. The van der Waals surface area contributed by atoms with Crippen LogP contribution in [0.4, 0.5) is 20.2 Å². The first-order valence-electron chi connectivity index (χ1n) is 8.21. The molecule has 1 amide bonds. The maximum atomic E-state index is 14.3. The number of hydrogen-bond donors (Lipinski definition) is 2. The minimum absolute atomic E-state index is 0.250. The first-order chi connectivity index (χ1) is 13.3. The van der Waals surface area contributed by atoms with Gasteiger partial charge in [0.15, 0.2) is 0 Å². The second-order valence-electron chi connectivity index (χ2n) is 6.05. The maximum Gasteiger partial charge on any atom is 0.261 e. The highest BCUT2D eigenvalue weighted by Crippen LogP contribution is 2.22. The molecule has 0 spiro atoms. The van der Waals surface area contributed by atoms with Gasteiger partial charge in [-0.3, -0.25) is 9.52 Å². The molecular formula is C20H16F2N2O3S. The zero-order valence-electron chi connectivity index (χ0n) is 14.7. The van der Waals surface area contributed by atoms with E-state index in [1.165, 1.54) is 18.2 Å². The molecule has 0 atom stereocenters. The van der Waals surface area contributed by atoms with E-state index in [1.54, 1.807) is 24.3 Å². The Morgan fingerprint density at radius 2 is 1.57 bits per heavy atom. The average Bonchev–Trinajstić information content (AvgIpc) is 2.65. The van der Waals surface area contributed by atoms with Crippen LogP contribution in [0.1, 0.15) is 15.9 Å². The Bertz CT molecular complexity index is 1130. The van der Waals surface area contributed by atoms with Gasteiger partial charge in [0.05, 0.1) is 16.1 Å². The van der Waals surface area contributed by atoms with Gasteiger partial charge in [-0.25, -0.2) is 17.2 Å². The number of carbonyl (C=O) groups excluding carboxylic acids is 1. The van der Waals surface area contributed by atoms with Gasteiger partial charge < -0.3 is 5.32 Å². The summed E-state index contributed by atoms with van der Waals surface area (Å²) in [6.07, 6.45) is 0. The summed E-state index contributed by atoms with van der Waals surface area (Å²) in [5, 5.41) is 2.23. The fourth-order valence-corrected chi connectivity index (χ4v) is 3.51. The molecule has 144 valence electrons. The lowest BCUT2D eigenvalue weighted by Crippen LogP contribution is -2.16. The summed E-state index contributed by atoms with van der Waals surface area (Å²) < 4.78 is 55.2. The number of nitrogens with one attached hydrogen (secondary N) is 2. The highest BCUT2D eigenvalue weighted by Gasteiger charge is 2.18. The Morgan fingerprint density at radius 1 is 0.893 bits per heavy atom. The molecule has 0 radical (unpaired) electrons. The number of carbonyl (C=O) groups is 1. The maximum absolute atomic E-state index is 14.3. The molecule has 28 heavy (non-hydrogen) atoms. The molecule has 3 rings (SSSR count). The third kappa shape index (κ3) is 4.34. The number of halogens is 2. The lowest BCUT2D eigenvalue weighted by molar-refractivity contribution is 0.102. The van der Waals surface area contributed by atoms with E-state index >= 15 is 0 Å². The van der Waals surface area contributed by atoms with E-state index in [0.29, 0.717) is 5.69 Å². The van der Waals surface area contributed by atoms with Crippen molar-refractivity contribution in [3.8, 4) is 0 Å². The summed E-state index contributed by atoms with van der Waals surface area (Å²) >= 11 is 0. The Kier molecular flexibility index (Phi) is 5.41. The molecule has 0 aliphatic carbocycles. The molecule has 0 heterocycles. The standard InChI is InChI=1S/C20H16F2N2O3S/c1-13-6-8-14(9-7-13)24-28(26,27)15-10-11-19(18(22)12-15)23-20(25)16-4-2-3-5-17(16)21/h2-12,24H,1H3,(H,23,25). The topological polar surface area (TPSA) is 75.3 Å². The molecule has 0 aliphatic rings. The van der Waals surface area contributed by atoms with E-state index < -0.39 is 27.6 Å². The molecule has 0 aromatic heterocycles. The average molecular weight is 402 g/mol. The quantitative estimate of drug-likeness (QED) is 0.667. The van der Waals surface area contributed by atoms with Crippen LogP contribution in [0.5, 0.6) is 0 Å². The Hall–Kier alpha value is -3.26. The van der Waals surface area contributed by atoms with E-state index in [1.807, 2.05) is 6.92 Å². The van der Waals surface area contributed by atoms with Gasteiger partial charge in [0, 0.05) is 5.69 Å². The molecule has 0 fully saturated rings. The van der Waals surface area contributed by atoms with Crippen LogP contribution in [0.15, 0.2) is 71.6 Å². The van der Waals surface area contributed by atoms with Crippen molar-refractivity contribution in [3.05, 3.63) is 89.5 Å². The number of rotatable bonds is 5. The third-order valence-corrected chi connectivity index (χ3v) is 5.30. The summed E-state index contributed by atoms with van der Waals surface area (Å²) in [4.78, 5) is 11.8. The van der Waals surface area contributed by atoms with Gasteiger partial charge >= 0.3 is 0 Å². The van der Waals surface area contributed by atoms with Gasteiger partial charge in [-0.2, -0.15) is 0 Å². The van der Waals surface area contributed by atoms with Crippen LogP contribution in [-0.2, 0) is 10.0 Å². The molecule has 2 N–H and O–H groups in total. The van der Waals surface area contributed by atoms with Gasteiger partial charge in [0.1, 0.15) is 11.6 Å². The molecule has 0 unspecified atom stereocenters. The first-order valence-corrected chi connectivity index (χ1v) is 9.69. The van der Waals surface area contributed by atoms with Crippen molar-refractivity contribution in [2.75, 3.05) is 10.0 Å². The molecule has 0 aliphatic heterocycles. The number of aryl methyl sites for hydroxylation is 1. The van der Waals surface area contributed by atoms with Crippen molar-refractivity contribution >= 4 is 27.3 Å². The van der Waals surface area contributed by atoms with E-state index in [-0.39, 0.29) is 16.1 Å². The molecule has 3 aromatic rings. The van der Waals surface area contributed by atoms with Crippen LogP contribution in [0.3, 0.4) is 0 Å². The van der Waals surface area contributed by atoms with Crippen LogP contribution in [-0.4, -0.2) is 14.3 Å². The van der Waals surface area contributed by atoms with Gasteiger partial charge in [0.2, 0.25) is 0 Å². The lowest BCUT2D eigenvalue weighted by Gasteiger charge is -2.11.